The van der Waals surface area contributed by atoms with Crippen LogP contribution in [0.15, 0.2) is 85.5 Å². The summed E-state index contributed by atoms with van der Waals surface area (Å²) in [5.41, 5.74) is 10.6. The Morgan fingerprint density at radius 1 is 0.824 bits per heavy atom. The fourth-order valence-corrected chi connectivity index (χ4v) is 9.65. The lowest BCUT2D eigenvalue weighted by atomic mass is 9.86. The number of hydrogen-bond donors (Lipinski definition) is 5. The summed E-state index contributed by atoms with van der Waals surface area (Å²) in [4.78, 5) is 114. The number of carbonyl (C=O) groups is 8. The molecule has 19 nitrogen and oxygen atoms in total. The van der Waals surface area contributed by atoms with E-state index in [9.17, 15) is 38.4 Å². The smallest absolute Gasteiger partial charge is 0.325 e. The molecule has 2 aromatic heterocycles. The van der Waals surface area contributed by atoms with Gasteiger partial charge in [-0.15, -0.1) is 23.2 Å². The number of carbonyl (C=O) groups excluding carboxylic acids is 8. The van der Waals surface area contributed by atoms with Crippen LogP contribution in [0.3, 0.4) is 0 Å². The SMILES string of the molecule is C=Cc1ccc2ccc([C@@H](C)OC(=O)[C@@H]3CCCN(C(=O)[C@H](C)NC(=O)[C@@H](NC(=O)[C@H](C)/C=C/C)C(C)C)N3)nc2c1.CC(C)[C@@H]1CC(=O)[C@H](C)/C=C/c2ccc3ccc(nc3c2)[C@@H](C)OC(=O)[C@@H]2CCCN(N2)C(=O)[C@H](C)NC1=O.ClCCCl. The van der Waals surface area contributed by atoms with Gasteiger partial charge in [0, 0.05) is 53.9 Å². The van der Waals surface area contributed by atoms with Crippen molar-refractivity contribution in [2.24, 2.45) is 29.6 Å². The summed E-state index contributed by atoms with van der Waals surface area (Å²) in [5.74, 6) is -3.31. The van der Waals surface area contributed by atoms with Gasteiger partial charge in [0.1, 0.15) is 48.2 Å². The van der Waals surface area contributed by atoms with E-state index in [-0.39, 0.29) is 53.6 Å². The normalized spacial score (nSPS) is 22.4. The lowest BCUT2D eigenvalue weighted by Crippen LogP contribution is -2.61. The van der Waals surface area contributed by atoms with Crippen LogP contribution in [0.4, 0.5) is 0 Å². The number of fused-ring (bicyclic) bond motifs is 5. The highest BCUT2D eigenvalue weighted by atomic mass is 35.5. The fraction of sp³-hybridized carbons (Fsp3) is 0.500. The number of benzene rings is 2. The number of ketones is 1. The Hall–Kier alpha value is -7.06. The zero-order valence-corrected chi connectivity index (χ0v) is 52.3. The summed E-state index contributed by atoms with van der Waals surface area (Å²) < 4.78 is 11.5. The van der Waals surface area contributed by atoms with E-state index in [0.717, 1.165) is 32.9 Å². The first-order chi connectivity index (χ1) is 40.4. The summed E-state index contributed by atoms with van der Waals surface area (Å²) >= 11 is 10.1. The molecular formula is C64H85Cl2N9O10. The van der Waals surface area contributed by atoms with Gasteiger partial charge in [0.15, 0.2) is 0 Å². The molecule has 460 valence electrons. The van der Waals surface area contributed by atoms with Crippen LogP contribution < -0.4 is 26.8 Å². The first kappa shape index (κ1) is 68.7. The third-order valence-electron chi connectivity index (χ3n) is 14.9. The largest absolute Gasteiger partial charge is 0.455 e. The molecule has 21 heteroatoms. The Morgan fingerprint density at radius 2 is 1.48 bits per heavy atom. The average Bonchev–Trinajstić information content (AvgIpc) is 3.72. The lowest BCUT2D eigenvalue weighted by molar-refractivity contribution is -0.158. The fourth-order valence-electron chi connectivity index (χ4n) is 9.65. The van der Waals surface area contributed by atoms with Crippen LogP contribution in [0.1, 0.15) is 143 Å². The molecule has 3 aliphatic rings. The predicted molar refractivity (Wildman–Crippen MR) is 332 cm³/mol. The molecule has 5 heterocycles. The van der Waals surface area contributed by atoms with Crippen molar-refractivity contribution in [3.8, 4) is 0 Å². The van der Waals surface area contributed by atoms with Crippen molar-refractivity contribution in [1.29, 1.82) is 0 Å². The highest BCUT2D eigenvalue weighted by Crippen LogP contribution is 2.26. The van der Waals surface area contributed by atoms with Gasteiger partial charge in [-0.1, -0.05) is 115 Å². The van der Waals surface area contributed by atoms with Crippen LogP contribution in [-0.2, 0) is 47.8 Å². The number of ether oxygens (including phenoxy) is 2. The van der Waals surface area contributed by atoms with Gasteiger partial charge < -0.3 is 25.4 Å². The molecule has 0 aliphatic carbocycles. The number of cyclic esters (lactones) is 1. The van der Waals surface area contributed by atoms with E-state index in [1.807, 2.05) is 114 Å². The van der Waals surface area contributed by atoms with E-state index in [4.69, 9.17) is 37.7 Å². The second-order valence-electron chi connectivity index (χ2n) is 22.4. The summed E-state index contributed by atoms with van der Waals surface area (Å²) in [6, 6.07) is 15.3. The minimum absolute atomic E-state index is 0.0452. The van der Waals surface area contributed by atoms with E-state index >= 15 is 0 Å². The number of hydrogen-bond acceptors (Lipinski definition) is 14. The van der Waals surface area contributed by atoms with Crippen molar-refractivity contribution < 1.29 is 47.8 Å². The molecule has 3 aliphatic heterocycles. The van der Waals surface area contributed by atoms with Crippen LogP contribution in [0.5, 0.6) is 0 Å². The van der Waals surface area contributed by atoms with Crippen LogP contribution in [0.2, 0.25) is 0 Å². The molecular weight excluding hydrogens is 1130 g/mol. The number of pyridine rings is 2. The molecule has 7 rings (SSSR count). The number of hydrazine groups is 2. The summed E-state index contributed by atoms with van der Waals surface area (Å²) in [6.45, 7) is 24.1. The van der Waals surface area contributed by atoms with Crippen LogP contribution in [0.25, 0.3) is 34.0 Å². The highest BCUT2D eigenvalue weighted by Gasteiger charge is 2.36. The van der Waals surface area contributed by atoms with E-state index < -0.39 is 72.1 Å². The summed E-state index contributed by atoms with van der Waals surface area (Å²) in [7, 11) is 0. The number of nitrogens with one attached hydrogen (secondary N) is 5. The maximum Gasteiger partial charge on any atom is 0.325 e. The molecule has 85 heavy (non-hydrogen) atoms. The van der Waals surface area contributed by atoms with E-state index in [2.05, 4.69) is 38.4 Å². The van der Waals surface area contributed by atoms with Gasteiger partial charge in [0.05, 0.1) is 28.3 Å². The van der Waals surface area contributed by atoms with Crippen LogP contribution in [-0.4, -0.2) is 122 Å². The number of nitrogens with zero attached hydrogens (tertiary/aromatic N) is 4. The van der Waals surface area contributed by atoms with E-state index in [1.54, 1.807) is 52.8 Å². The second-order valence-corrected chi connectivity index (χ2v) is 23.2. The number of Topliss-reactive ketones (excluding diaryl/α,β-unsaturated/α-hetero) is 1. The van der Waals surface area contributed by atoms with E-state index in [0.29, 0.717) is 61.9 Å². The van der Waals surface area contributed by atoms with Gasteiger partial charge in [-0.3, -0.25) is 48.4 Å². The van der Waals surface area contributed by atoms with Crippen molar-refractivity contribution in [3.05, 3.63) is 108 Å². The Labute approximate surface area is 509 Å². The standard InChI is InChI=1S/C32H43N5O5.C30H38N4O5.C2H4Cl2/c1-8-11-20(5)29(38)35-28(19(3)4)30(39)33-21(6)31(40)37-17-10-12-26(36-37)32(41)42-22(7)25-16-15-24-14-13-23(9-2)18-27(24)34-25;1-17(2)23-16-27(35)18(3)8-9-21-10-11-22-12-13-24(32-26(22)15-21)20(5)39-30(38)25-7-6-14-34(33-25)29(37)19(4)31-28(23)36;3-1-2-4/h8-9,11,13-16,18-22,26,28,36H,2,10,12,17H2,1,3-7H3,(H,33,39)(H,35,38);8-13,15,17-20,23,25,33H,6-7,14,16H2,1-5H3,(H,31,36);1-2H2/b11-8+;9-8+;/t20-,21+,22-,26+,28+;18-,19+,20-,23+,25+;/m11./s1. The highest BCUT2D eigenvalue weighted by molar-refractivity contribution is 6.26. The Balaban J connectivity index is 0.000000293. The minimum atomic E-state index is -0.882. The molecule has 4 aromatic rings. The molecule has 0 unspecified atom stereocenters. The number of esters is 2. The third kappa shape index (κ3) is 19.7. The third-order valence-corrected chi connectivity index (χ3v) is 15.5. The molecule has 0 saturated carbocycles. The Kier molecular flexibility index (Phi) is 26.7. The molecule has 5 amide bonds. The number of allylic oxidation sites excluding steroid dienone is 2. The van der Waals surface area contributed by atoms with Gasteiger partial charge in [0.25, 0.3) is 11.8 Å². The lowest BCUT2D eigenvalue weighted by Gasteiger charge is -2.35. The average molecular weight is 1210 g/mol. The van der Waals surface area contributed by atoms with Crippen LogP contribution >= 0.6 is 23.2 Å². The monoisotopic (exact) mass is 1210 g/mol. The topological polar surface area (TPSA) is 247 Å². The van der Waals surface area contributed by atoms with Gasteiger partial charge >= 0.3 is 11.9 Å². The van der Waals surface area contributed by atoms with Gasteiger partial charge in [-0.25, -0.2) is 20.8 Å². The molecule has 5 bridgehead atoms. The van der Waals surface area contributed by atoms with Crippen LogP contribution in [0, 0.1) is 29.6 Å². The first-order valence-electron chi connectivity index (χ1n) is 29.3. The number of aromatic nitrogens is 2. The van der Waals surface area contributed by atoms with Crippen molar-refractivity contribution in [2.45, 2.75) is 151 Å². The molecule has 2 aromatic carbocycles. The Morgan fingerprint density at radius 3 is 2.14 bits per heavy atom. The number of halogens is 2. The zero-order valence-electron chi connectivity index (χ0n) is 50.8. The quantitative estimate of drug-likeness (QED) is 0.0476. The number of alkyl halides is 2. The molecule has 5 N–H and O–H groups in total. The molecule has 2 saturated heterocycles. The van der Waals surface area contributed by atoms with Crippen molar-refractivity contribution in [3.63, 3.8) is 0 Å². The molecule has 2 fully saturated rings. The minimum Gasteiger partial charge on any atom is -0.455 e. The van der Waals surface area contributed by atoms with Crippen molar-refractivity contribution >= 4 is 104 Å². The molecule has 10 atom stereocenters. The maximum atomic E-state index is 13.2. The first-order valence-corrected chi connectivity index (χ1v) is 30.3. The molecule has 0 radical (unpaired) electrons. The Bertz CT molecular complexity index is 3080. The van der Waals surface area contributed by atoms with Crippen molar-refractivity contribution in [1.82, 2.24) is 46.8 Å². The maximum absolute atomic E-state index is 13.2. The van der Waals surface area contributed by atoms with Gasteiger partial charge in [0.2, 0.25) is 17.7 Å². The summed E-state index contributed by atoms with van der Waals surface area (Å²) in [6.07, 6.45) is 10.1. The number of rotatable bonds is 13. The summed E-state index contributed by atoms with van der Waals surface area (Å²) in [5, 5.41) is 12.9. The predicted octanol–water partition coefficient (Wildman–Crippen LogP) is 9.03. The number of amides is 5. The van der Waals surface area contributed by atoms with E-state index in [1.165, 1.54) is 10.0 Å². The second kappa shape index (κ2) is 33.0. The van der Waals surface area contributed by atoms with Gasteiger partial charge in [-0.05, 0) is 108 Å². The van der Waals surface area contributed by atoms with Gasteiger partial charge in [-0.2, -0.15) is 0 Å². The molecule has 0 spiro atoms. The van der Waals surface area contributed by atoms with Crippen molar-refractivity contribution in [2.75, 3.05) is 24.8 Å². The zero-order chi connectivity index (χ0) is 62.7.